The SMILES string of the molecule is CCCCCCc1c[nH]c2ccc(Cl)cc12. The van der Waals surface area contributed by atoms with E-state index in [1.807, 2.05) is 12.1 Å². The zero-order valence-electron chi connectivity index (χ0n) is 9.72. The van der Waals surface area contributed by atoms with E-state index in [1.54, 1.807) is 0 Å². The monoisotopic (exact) mass is 235 g/mol. The molecule has 1 aromatic heterocycles. The normalized spacial score (nSPS) is 11.1. The molecule has 0 atom stereocenters. The van der Waals surface area contributed by atoms with Crippen molar-refractivity contribution in [2.24, 2.45) is 0 Å². The van der Waals surface area contributed by atoms with Gasteiger partial charge in [-0.25, -0.2) is 0 Å². The van der Waals surface area contributed by atoms with Gasteiger partial charge in [-0.2, -0.15) is 0 Å². The second kappa shape index (κ2) is 5.40. The molecular weight excluding hydrogens is 218 g/mol. The van der Waals surface area contributed by atoms with Crippen LogP contribution in [-0.2, 0) is 6.42 Å². The summed E-state index contributed by atoms with van der Waals surface area (Å²) in [6.07, 6.45) is 8.49. The number of aromatic amines is 1. The first kappa shape index (κ1) is 11.5. The van der Waals surface area contributed by atoms with Gasteiger partial charge in [-0.1, -0.05) is 37.8 Å². The van der Waals surface area contributed by atoms with Crippen molar-refractivity contribution in [3.05, 3.63) is 35.0 Å². The molecule has 2 heteroatoms. The Labute approximate surface area is 102 Å². The molecule has 1 heterocycles. The maximum Gasteiger partial charge on any atom is 0.0457 e. The Morgan fingerprint density at radius 2 is 2.06 bits per heavy atom. The molecule has 0 radical (unpaired) electrons. The highest BCUT2D eigenvalue weighted by molar-refractivity contribution is 6.31. The van der Waals surface area contributed by atoms with E-state index in [1.165, 1.54) is 42.1 Å². The van der Waals surface area contributed by atoms with E-state index >= 15 is 0 Å². The predicted molar refractivity (Wildman–Crippen MR) is 71.2 cm³/mol. The van der Waals surface area contributed by atoms with Crippen LogP contribution in [0.3, 0.4) is 0 Å². The molecule has 2 rings (SSSR count). The smallest absolute Gasteiger partial charge is 0.0457 e. The molecular formula is C14H18ClN. The molecule has 0 amide bonds. The van der Waals surface area contributed by atoms with E-state index in [-0.39, 0.29) is 0 Å². The Bertz CT molecular complexity index is 459. The molecule has 1 N–H and O–H groups in total. The third-order valence-electron chi connectivity index (χ3n) is 3.03. The van der Waals surface area contributed by atoms with Crippen molar-refractivity contribution in [1.29, 1.82) is 0 Å². The van der Waals surface area contributed by atoms with Crippen molar-refractivity contribution in [3.8, 4) is 0 Å². The lowest BCUT2D eigenvalue weighted by molar-refractivity contribution is 0.668. The van der Waals surface area contributed by atoms with E-state index in [0.29, 0.717) is 0 Å². The molecule has 0 saturated carbocycles. The standard InChI is InChI=1S/C14H18ClN/c1-2-3-4-5-6-11-10-16-14-8-7-12(15)9-13(11)14/h7-10,16H,2-6H2,1H3. The summed E-state index contributed by atoms with van der Waals surface area (Å²) in [7, 11) is 0. The van der Waals surface area contributed by atoms with Crippen molar-refractivity contribution in [2.75, 3.05) is 0 Å². The molecule has 0 fully saturated rings. The maximum absolute atomic E-state index is 6.02. The number of unbranched alkanes of at least 4 members (excludes halogenated alkanes) is 3. The van der Waals surface area contributed by atoms with Crippen LogP contribution >= 0.6 is 11.6 Å². The van der Waals surface area contributed by atoms with E-state index in [9.17, 15) is 0 Å². The molecule has 86 valence electrons. The number of nitrogens with one attached hydrogen (secondary N) is 1. The molecule has 0 aliphatic heterocycles. The molecule has 1 aromatic carbocycles. The van der Waals surface area contributed by atoms with Gasteiger partial charge in [0.25, 0.3) is 0 Å². The fraction of sp³-hybridized carbons (Fsp3) is 0.429. The van der Waals surface area contributed by atoms with Gasteiger partial charge < -0.3 is 4.98 Å². The van der Waals surface area contributed by atoms with Gasteiger partial charge >= 0.3 is 0 Å². The van der Waals surface area contributed by atoms with Gasteiger partial charge in [0, 0.05) is 22.1 Å². The molecule has 0 bridgehead atoms. The number of aryl methyl sites for hydroxylation is 1. The number of rotatable bonds is 5. The molecule has 0 aliphatic rings. The van der Waals surface area contributed by atoms with Crippen molar-refractivity contribution in [2.45, 2.75) is 39.0 Å². The first-order valence-electron chi connectivity index (χ1n) is 6.07. The fourth-order valence-corrected chi connectivity index (χ4v) is 2.27. The van der Waals surface area contributed by atoms with Crippen molar-refractivity contribution >= 4 is 22.5 Å². The highest BCUT2D eigenvalue weighted by Gasteiger charge is 2.03. The summed E-state index contributed by atoms with van der Waals surface area (Å²) in [5.41, 5.74) is 2.59. The minimum absolute atomic E-state index is 0.821. The second-order valence-corrected chi connectivity index (χ2v) is 4.75. The Morgan fingerprint density at radius 3 is 2.88 bits per heavy atom. The van der Waals surface area contributed by atoms with Crippen LogP contribution in [0, 0.1) is 0 Å². The molecule has 0 unspecified atom stereocenters. The molecule has 0 saturated heterocycles. The summed E-state index contributed by atoms with van der Waals surface area (Å²) in [6.45, 7) is 2.24. The Kier molecular flexibility index (Phi) is 3.89. The van der Waals surface area contributed by atoms with Crippen LogP contribution in [0.4, 0.5) is 0 Å². The van der Waals surface area contributed by atoms with E-state index in [4.69, 9.17) is 11.6 Å². The van der Waals surface area contributed by atoms with E-state index in [0.717, 1.165) is 11.4 Å². The molecule has 16 heavy (non-hydrogen) atoms. The molecule has 0 aliphatic carbocycles. The predicted octanol–water partition coefficient (Wildman–Crippen LogP) is 4.94. The van der Waals surface area contributed by atoms with Crippen molar-refractivity contribution in [3.63, 3.8) is 0 Å². The lowest BCUT2D eigenvalue weighted by Crippen LogP contribution is -1.83. The van der Waals surface area contributed by atoms with Gasteiger partial charge in [0.1, 0.15) is 0 Å². The van der Waals surface area contributed by atoms with Gasteiger partial charge in [-0.15, -0.1) is 0 Å². The number of H-pyrrole nitrogens is 1. The summed E-state index contributed by atoms with van der Waals surface area (Å²) in [6, 6.07) is 6.04. The fourth-order valence-electron chi connectivity index (χ4n) is 2.10. The van der Waals surface area contributed by atoms with Crippen LogP contribution in [0.2, 0.25) is 5.02 Å². The zero-order chi connectivity index (χ0) is 11.4. The first-order valence-corrected chi connectivity index (χ1v) is 6.44. The second-order valence-electron chi connectivity index (χ2n) is 4.31. The number of hydrogen-bond acceptors (Lipinski definition) is 0. The quantitative estimate of drug-likeness (QED) is 0.707. The summed E-state index contributed by atoms with van der Waals surface area (Å²) in [5, 5.41) is 2.10. The van der Waals surface area contributed by atoms with Crippen LogP contribution in [0.25, 0.3) is 10.9 Å². The van der Waals surface area contributed by atoms with Gasteiger partial charge in [-0.05, 0) is 36.6 Å². The first-order chi connectivity index (χ1) is 7.81. The highest BCUT2D eigenvalue weighted by atomic mass is 35.5. The molecule has 2 aromatic rings. The van der Waals surface area contributed by atoms with E-state index in [2.05, 4.69) is 24.2 Å². The van der Waals surface area contributed by atoms with Gasteiger partial charge in [0.2, 0.25) is 0 Å². The molecule has 1 nitrogen and oxygen atoms in total. The van der Waals surface area contributed by atoms with Gasteiger partial charge in [0.15, 0.2) is 0 Å². The Hall–Kier alpha value is -0.950. The van der Waals surface area contributed by atoms with E-state index < -0.39 is 0 Å². The topological polar surface area (TPSA) is 15.8 Å². The Balaban J connectivity index is 2.09. The number of fused-ring (bicyclic) bond motifs is 1. The number of benzene rings is 1. The third-order valence-corrected chi connectivity index (χ3v) is 3.26. The number of hydrogen-bond donors (Lipinski definition) is 1. The summed E-state index contributed by atoms with van der Waals surface area (Å²) in [5.74, 6) is 0. The third kappa shape index (κ3) is 2.59. The summed E-state index contributed by atoms with van der Waals surface area (Å²) >= 11 is 6.02. The van der Waals surface area contributed by atoms with Crippen LogP contribution in [0.5, 0.6) is 0 Å². The number of aromatic nitrogens is 1. The Morgan fingerprint density at radius 1 is 1.19 bits per heavy atom. The van der Waals surface area contributed by atoms with Crippen LogP contribution in [-0.4, -0.2) is 4.98 Å². The van der Waals surface area contributed by atoms with Crippen LogP contribution in [0.1, 0.15) is 38.2 Å². The average Bonchev–Trinajstić information content (AvgIpc) is 2.67. The largest absolute Gasteiger partial charge is 0.361 e. The van der Waals surface area contributed by atoms with Gasteiger partial charge in [-0.3, -0.25) is 0 Å². The van der Waals surface area contributed by atoms with Crippen LogP contribution < -0.4 is 0 Å². The summed E-state index contributed by atoms with van der Waals surface area (Å²) < 4.78 is 0. The van der Waals surface area contributed by atoms with Crippen molar-refractivity contribution in [1.82, 2.24) is 4.98 Å². The summed E-state index contributed by atoms with van der Waals surface area (Å²) in [4.78, 5) is 3.30. The lowest BCUT2D eigenvalue weighted by atomic mass is 10.1. The van der Waals surface area contributed by atoms with Gasteiger partial charge in [0.05, 0.1) is 0 Å². The maximum atomic E-state index is 6.02. The number of halogens is 1. The highest BCUT2D eigenvalue weighted by Crippen LogP contribution is 2.23. The zero-order valence-corrected chi connectivity index (χ0v) is 10.5. The van der Waals surface area contributed by atoms with Crippen molar-refractivity contribution < 1.29 is 0 Å². The van der Waals surface area contributed by atoms with Crippen LogP contribution in [0.15, 0.2) is 24.4 Å². The average molecular weight is 236 g/mol. The lowest BCUT2D eigenvalue weighted by Gasteiger charge is -1.99. The minimum atomic E-state index is 0.821. The molecule has 0 spiro atoms. The minimum Gasteiger partial charge on any atom is -0.361 e.